The maximum atomic E-state index is 14.0. The van der Waals surface area contributed by atoms with Gasteiger partial charge in [0.25, 0.3) is 49.2 Å². The van der Waals surface area contributed by atoms with Gasteiger partial charge in [-0.05, 0) is 171 Å². The van der Waals surface area contributed by atoms with Crippen LogP contribution in [0.2, 0.25) is 0 Å². The van der Waals surface area contributed by atoms with Crippen LogP contribution in [0.4, 0.5) is 92.2 Å². The molecule has 58 heteroatoms. The fraction of sp³-hybridized carbons (Fsp3) is 0.316. The average Bonchev–Trinajstić information content (AvgIpc) is 1.21. The van der Waals surface area contributed by atoms with E-state index < -0.39 is 277 Å². The standard InChI is InChI=1S/C17H16F3NO5S2.C12H14F3NO4S2.C11H12F3NO2S.C10H10F3NO2S.C9H10F3NO3S.C9H14F3NO2S.C8H8F3NO2S2/c1-27(22,23)14-6-2-4-12(10-14)26-13-5-3-7-15(11-13)28(24,25)17(19,20)16(18)8-9-21;1-21(17,18)10-4-2-3-9(7-10)8-22(19,20)12(14,15)11(13)5-6-16;1-8-3-2-4-9(7-8)18(16,17)11(13,14)10(12)5-6-15;11-9(6-7-14)10(12,13)17(15,16)8-4-2-1-3-5-8;1-6-7(3-5-16-6)17(14,15)9(11,12)8(10)2-4-13;10-8(5-6-13)9(11,12)16(14,15)7-3-1-2-4-7;9-6(3-4-12)8(10,11)16(13,14)7-2-1-5-15-7/h2-8,10-11H,9,21H2,1H3;2-5,7H,6,8,16H2,1H3;2-5,7H,6,15H2,1H3;1-6H,7,14H2;2-3,5H,4,13H2,1H3;5,7H,1-4,6,13H2;1-3,5H,4,12H2/b16-8-;11-5-;10-5-;9-6-;8-2-;8-5-;6-3-/i;;;1D,2D,3D,4D,5D;;;. The summed E-state index contributed by atoms with van der Waals surface area (Å²) in [5, 5.41) is -32.7. The van der Waals surface area contributed by atoms with E-state index in [1.165, 1.54) is 66.9 Å². The maximum Gasteiger partial charge on any atom is 0.400 e. The molecule has 2 heterocycles. The summed E-state index contributed by atoms with van der Waals surface area (Å²) in [5.74, 6) is -16.5. The van der Waals surface area contributed by atoms with E-state index >= 15 is 0 Å². The molecule has 0 radical (unpaired) electrons. The molecule has 0 bridgehead atoms. The second kappa shape index (κ2) is 49.2. The quantitative estimate of drug-likeness (QED) is 0.0188. The lowest BCUT2D eigenvalue weighted by Gasteiger charge is -2.19. The Bertz CT molecular complexity index is 6820. The van der Waals surface area contributed by atoms with Crippen molar-refractivity contribution in [2.75, 3.05) is 58.3 Å². The highest BCUT2D eigenvalue weighted by Gasteiger charge is 2.57. The van der Waals surface area contributed by atoms with Gasteiger partial charge in [0.05, 0.1) is 48.6 Å². The molecule has 5 aromatic carbocycles. The molecule has 750 valence electrons. The maximum absolute atomic E-state index is 14.0. The van der Waals surface area contributed by atoms with Gasteiger partial charge >= 0.3 is 36.8 Å². The SMILES string of the molecule is CS(=O)(=O)c1cccc(CS(=O)(=O)C(F)(F)/C(F)=C/CN)c1.CS(=O)(=O)c1cccc(Oc2cccc(S(=O)(=O)C(F)(F)/C(F)=C/CN)c2)c1.Cc1cccc(S(=O)(=O)C(F)(F)/C(F)=C/CN)c1.Cc1occc1S(=O)(=O)C(F)(F)/C(F)=C/CN.NC/C=C(\F)C(F)(F)S(=O)(=O)C1CCCC1.NC/C=C(\F)C(F)(F)S(=O)(=O)c1cccs1.[2H]c1c([2H])c([2H])c(S(=O)(=O)C(F)(F)/C(F)=C/CN)c([2H])c1[2H]. The van der Waals surface area contributed by atoms with Gasteiger partial charge in [-0.3, -0.25) is 0 Å². The van der Waals surface area contributed by atoms with Gasteiger partial charge in [0.15, 0.2) is 60.5 Å². The lowest BCUT2D eigenvalue weighted by atomic mass is 10.2. The van der Waals surface area contributed by atoms with Crippen LogP contribution in [0.1, 0.15) is 49.4 Å². The van der Waals surface area contributed by atoms with Gasteiger partial charge in [0.2, 0.25) is 19.7 Å². The molecule has 134 heavy (non-hydrogen) atoms. The van der Waals surface area contributed by atoms with Gasteiger partial charge < -0.3 is 49.3 Å². The van der Waals surface area contributed by atoms with Crippen LogP contribution < -0.4 is 44.9 Å². The molecule has 8 rings (SSSR count). The molecule has 27 nitrogen and oxygen atoms in total. The van der Waals surface area contributed by atoms with Crippen LogP contribution in [0.5, 0.6) is 11.5 Å². The molecule has 14 N–H and O–H groups in total. The third-order valence-electron chi connectivity index (χ3n) is 16.4. The van der Waals surface area contributed by atoms with Crippen molar-refractivity contribution in [3.63, 3.8) is 0 Å². The molecule has 0 amide bonds. The minimum atomic E-state index is -5.91. The van der Waals surface area contributed by atoms with E-state index in [4.69, 9.17) is 51.7 Å². The molecule has 1 aliphatic carbocycles. The predicted molar refractivity (Wildman–Crippen MR) is 453 cm³/mol. The van der Waals surface area contributed by atoms with Gasteiger partial charge in [-0.1, -0.05) is 73.4 Å². The van der Waals surface area contributed by atoms with Gasteiger partial charge in [-0.15, -0.1) is 11.3 Å². The van der Waals surface area contributed by atoms with E-state index in [0.29, 0.717) is 54.0 Å². The van der Waals surface area contributed by atoms with Crippen molar-refractivity contribution in [3.8, 4) is 11.5 Å². The number of hydrogen-bond acceptors (Lipinski definition) is 28. The average molecular weight is 2140 g/mol. The van der Waals surface area contributed by atoms with Crippen molar-refractivity contribution in [3.05, 3.63) is 257 Å². The van der Waals surface area contributed by atoms with E-state index in [9.17, 15) is 168 Å². The molecular formula is C76H84F21N7O20S10. The summed E-state index contributed by atoms with van der Waals surface area (Å²) in [5.41, 5.74) is 34.4. The van der Waals surface area contributed by atoms with E-state index in [1.54, 1.807) is 13.0 Å². The summed E-state index contributed by atoms with van der Waals surface area (Å²) in [6.07, 6.45) is 6.38. The zero-order chi connectivity index (χ0) is 108. The number of halogens is 21. The number of alkyl halides is 14. The lowest BCUT2D eigenvalue weighted by molar-refractivity contribution is 0.104. The molecule has 1 aliphatic rings. The number of sulfone groups is 9. The first kappa shape index (κ1) is 112. The van der Waals surface area contributed by atoms with Crippen molar-refractivity contribution in [1.29, 1.82) is 0 Å². The second-order valence-corrected chi connectivity index (χ2v) is 45.5. The lowest BCUT2D eigenvalue weighted by Crippen LogP contribution is -2.37. The molecule has 0 unspecified atom stereocenters. The second-order valence-electron chi connectivity index (χ2n) is 26.1. The van der Waals surface area contributed by atoms with E-state index in [2.05, 4.69) is 4.42 Å². The number of ether oxygens (including phenoxy) is 1. The number of nitrogens with two attached hydrogens (primary N) is 7. The van der Waals surface area contributed by atoms with Crippen molar-refractivity contribution in [1.82, 2.24) is 0 Å². The molecule has 1 saturated carbocycles. The van der Waals surface area contributed by atoms with Crippen LogP contribution in [-0.4, -0.2) is 176 Å². The highest BCUT2D eigenvalue weighted by molar-refractivity contribution is 7.95. The number of rotatable bonds is 33. The molecular weight excluding hydrogens is 2050 g/mol. The Morgan fingerprint density at radius 3 is 1.08 bits per heavy atom. The van der Waals surface area contributed by atoms with Crippen molar-refractivity contribution in [2.45, 2.75) is 121 Å². The Labute approximate surface area is 767 Å². The first-order chi connectivity index (χ1) is 63.4. The molecule has 2 aromatic heterocycles. The number of aryl methyl sites for hydroxylation is 2. The predicted octanol–water partition coefficient (Wildman–Crippen LogP) is 14.0. The summed E-state index contributed by atoms with van der Waals surface area (Å²) in [4.78, 5) is -4.20. The summed E-state index contributed by atoms with van der Waals surface area (Å²) in [7, 11) is -43.8. The molecule has 0 atom stereocenters. The van der Waals surface area contributed by atoms with Crippen LogP contribution >= 0.6 is 11.3 Å². The van der Waals surface area contributed by atoms with Crippen LogP contribution in [0.3, 0.4) is 0 Å². The Kier molecular flexibility index (Phi) is 41.1. The van der Waals surface area contributed by atoms with Crippen molar-refractivity contribution in [2.24, 2.45) is 40.1 Å². The first-order valence-corrected chi connectivity index (χ1v) is 51.5. The van der Waals surface area contributed by atoms with Crippen molar-refractivity contribution < 1.29 is 184 Å². The normalized spacial score (nSPS) is 15.1. The Hall–Kier alpha value is -9.14. The van der Waals surface area contributed by atoms with E-state index in [0.717, 1.165) is 73.4 Å². The van der Waals surface area contributed by atoms with Crippen molar-refractivity contribution >= 4 is 99.9 Å². The topological polar surface area (TPSA) is 512 Å². The Balaban J connectivity index is 0.000000553. The minimum Gasteiger partial charge on any atom is -0.468 e. The summed E-state index contributed by atoms with van der Waals surface area (Å²) >= 11 is 0.599. The van der Waals surface area contributed by atoms with E-state index in [1.807, 2.05) is 0 Å². The fourth-order valence-electron chi connectivity index (χ4n) is 9.59. The summed E-state index contributed by atoms with van der Waals surface area (Å²) in [6.45, 7) is -1.15. The van der Waals surface area contributed by atoms with Gasteiger partial charge in [0, 0.05) is 58.3 Å². The van der Waals surface area contributed by atoms with Crippen LogP contribution in [0.25, 0.3) is 0 Å². The third kappa shape index (κ3) is 30.2. The smallest absolute Gasteiger partial charge is 0.400 e. The van der Waals surface area contributed by atoms with E-state index in [-0.39, 0.29) is 63.7 Å². The Morgan fingerprint density at radius 1 is 0.396 bits per heavy atom. The number of hydrogen-bond donors (Lipinski definition) is 7. The molecule has 0 saturated heterocycles. The van der Waals surface area contributed by atoms with Gasteiger partial charge in [-0.2, -0.15) is 61.5 Å². The highest BCUT2D eigenvalue weighted by atomic mass is 32.2. The van der Waals surface area contributed by atoms with Crippen LogP contribution in [-0.2, 0) is 94.3 Å². The number of furan rings is 1. The highest BCUT2D eigenvalue weighted by Crippen LogP contribution is 2.45. The zero-order valence-electron chi connectivity index (χ0n) is 74.0. The van der Waals surface area contributed by atoms with Gasteiger partial charge in [0.1, 0.15) is 26.4 Å². The van der Waals surface area contributed by atoms with Crippen LogP contribution in [0, 0.1) is 13.8 Å². The van der Waals surface area contributed by atoms with Gasteiger partial charge in [-0.25, -0.2) is 106 Å². The number of benzene rings is 5. The zero-order valence-corrected chi connectivity index (χ0v) is 77.1. The first-order valence-electron chi connectivity index (χ1n) is 38.7. The fourth-order valence-corrected chi connectivity index (χ4v) is 20.8. The van der Waals surface area contributed by atoms with Crippen LogP contribution in [0.15, 0.2) is 278 Å². The Morgan fingerprint density at radius 2 is 0.724 bits per heavy atom. The third-order valence-corrected chi connectivity index (χ3v) is 32.7. The largest absolute Gasteiger partial charge is 0.468 e. The summed E-state index contributed by atoms with van der Waals surface area (Å²) < 4.78 is 537. The molecule has 0 aliphatic heterocycles. The molecule has 1 fully saturated rings. The monoisotopic (exact) mass is 2140 g/mol. The minimum absolute atomic E-state index is 0.0402. The molecule has 7 aromatic rings. The molecule has 0 spiro atoms. The summed E-state index contributed by atoms with van der Waals surface area (Å²) in [6, 6.07) is 15.9. The number of thiophene rings is 1.